The Kier molecular flexibility index (Phi) is 8.58. The second-order valence-corrected chi connectivity index (χ2v) is 7.09. The van der Waals surface area contributed by atoms with Crippen LogP contribution in [0.3, 0.4) is 0 Å². The molecule has 0 aliphatic carbocycles. The van der Waals surface area contributed by atoms with Crippen LogP contribution < -0.4 is 10.1 Å². The smallest absolute Gasteiger partial charge is 0.234 e. The van der Waals surface area contributed by atoms with Crippen LogP contribution in [0.25, 0.3) is 0 Å². The van der Waals surface area contributed by atoms with Crippen LogP contribution in [0, 0.1) is 0 Å². The number of hydrogen-bond donors (Lipinski definition) is 1. The second-order valence-electron chi connectivity index (χ2n) is 7.09. The fourth-order valence-corrected chi connectivity index (χ4v) is 3.33. The third-order valence-electron chi connectivity index (χ3n) is 5.23. The van der Waals surface area contributed by atoms with E-state index in [0.29, 0.717) is 26.1 Å². The molecule has 1 fully saturated rings. The SMILES string of the molecule is CCC(CC)NC(=O)CN1CCN(C(=O)CCc2ccc(OC)cc2)CC1. The van der Waals surface area contributed by atoms with Crippen LogP contribution >= 0.6 is 0 Å². The molecule has 1 aliphatic heterocycles. The lowest BCUT2D eigenvalue weighted by atomic mass is 10.1. The fourth-order valence-electron chi connectivity index (χ4n) is 3.33. The average molecular weight is 376 g/mol. The third-order valence-corrected chi connectivity index (χ3v) is 5.23. The van der Waals surface area contributed by atoms with Crippen molar-refractivity contribution < 1.29 is 14.3 Å². The summed E-state index contributed by atoms with van der Waals surface area (Å²) in [6.07, 6.45) is 3.17. The minimum absolute atomic E-state index is 0.0861. The van der Waals surface area contributed by atoms with Crippen molar-refractivity contribution in [3.05, 3.63) is 29.8 Å². The van der Waals surface area contributed by atoms with Gasteiger partial charge in [0.15, 0.2) is 0 Å². The normalized spacial score (nSPS) is 15.0. The predicted octanol–water partition coefficient (Wildman–Crippen LogP) is 2.08. The number of hydrogen-bond acceptors (Lipinski definition) is 4. The number of ether oxygens (including phenoxy) is 1. The van der Waals surface area contributed by atoms with Gasteiger partial charge in [-0.2, -0.15) is 0 Å². The van der Waals surface area contributed by atoms with Crippen molar-refractivity contribution in [2.75, 3.05) is 39.8 Å². The lowest BCUT2D eigenvalue weighted by Crippen LogP contribution is -2.51. The minimum atomic E-state index is 0.0861. The predicted molar refractivity (Wildman–Crippen MR) is 107 cm³/mol. The van der Waals surface area contributed by atoms with E-state index < -0.39 is 0 Å². The number of nitrogens with one attached hydrogen (secondary N) is 1. The maximum atomic E-state index is 12.5. The van der Waals surface area contributed by atoms with E-state index >= 15 is 0 Å². The standard InChI is InChI=1S/C21H33N3O3/c1-4-18(5-2)22-20(25)16-23-12-14-24(15-13-23)21(26)11-8-17-6-9-19(27-3)10-7-17/h6-7,9-10,18H,4-5,8,11-16H2,1-3H3,(H,22,25). The Morgan fingerprint density at radius 3 is 2.26 bits per heavy atom. The Morgan fingerprint density at radius 2 is 1.70 bits per heavy atom. The molecule has 1 N–H and O–H groups in total. The van der Waals surface area contributed by atoms with Crippen LogP contribution in [0.1, 0.15) is 38.7 Å². The summed E-state index contributed by atoms with van der Waals surface area (Å²) in [5.41, 5.74) is 1.14. The Labute approximate surface area is 162 Å². The molecule has 1 saturated heterocycles. The summed E-state index contributed by atoms with van der Waals surface area (Å²) >= 11 is 0. The van der Waals surface area contributed by atoms with Gasteiger partial charge < -0.3 is 15.0 Å². The van der Waals surface area contributed by atoms with Gasteiger partial charge in [0.05, 0.1) is 13.7 Å². The van der Waals surface area contributed by atoms with E-state index in [1.807, 2.05) is 29.2 Å². The molecule has 1 aromatic rings. The molecule has 6 nitrogen and oxygen atoms in total. The molecule has 0 aromatic heterocycles. The zero-order chi connectivity index (χ0) is 19.6. The van der Waals surface area contributed by atoms with Crippen LogP contribution in [0.2, 0.25) is 0 Å². The van der Waals surface area contributed by atoms with Gasteiger partial charge in [-0.05, 0) is 37.0 Å². The molecule has 27 heavy (non-hydrogen) atoms. The molecule has 1 heterocycles. The first-order valence-corrected chi connectivity index (χ1v) is 9.98. The summed E-state index contributed by atoms with van der Waals surface area (Å²) < 4.78 is 5.15. The van der Waals surface area contributed by atoms with Crippen molar-refractivity contribution >= 4 is 11.8 Å². The summed E-state index contributed by atoms with van der Waals surface area (Å²) in [6, 6.07) is 8.11. The number of benzene rings is 1. The highest BCUT2D eigenvalue weighted by atomic mass is 16.5. The van der Waals surface area contributed by atoms with Gasteiger partial charge in [-0.3, -0.25) is 14.5 Å². The van der Waals surface area contributed by atoms with Crippen molar-refractivity contribution in [2.24, 2.45) is 0 Å². The Hall–Kier alpha value is -2.08. The molecular weight excluding hydrogens is 342 g/mol. The molecule has 0 unspecified atom stereocenters. The first-order valence-electron chi connectivity index (χ1n) is 9.98. The Balaban J connectivity index is 1.69. The average Bonchev–Trinajstić information content (AvgIpc) is 2.71. The van der Waals surface area contributed by atoms with E-state index in [1.165, 1.54) is 0 Å². The van der Waals surface area contributed by atoms with Gasteiger partial charge in [0.2, 0.25) is 11.8 Å². The number of rotatable bonds is 9. The Bertz CT molecular complexity index is 591. The summed E-state index contributed by atoms with van der Waals surface area (Å²) in [5, 5.41) is 3.07. The van der Waals surface area contributed by atoms with Crippen LogP contribution in [-0.4, -0.2) is 67.5 Å². The zero-order valence-corrected chi connectivity index (χ0v) is 16.9. The summed E-state index contributed by atoms with van der Waals surface area (Å²) in [4.78, 5) is 28.6. The molecule has 2 rings (SSSR count). The molecular formula is C21H33N3O3. The van der Waals surface area contributed by atoms with Crippen molar-refractivity contribution in [3.8, 4) is 5.75 Å². The molecule has 150 valence electrons. The molecule has 0 saturated carbocycles. The van der Waals surface area contributed by atoms with Crippen LogP contribution in [0.5, 0.6) is 5.75 Å². The molecule has 0 radical (unpaired) electrons. The number of aryl methyl sites for hydroxylation is 1. The maximum absolute atomic E-state index is 12.5. The molecule has 2 amide bonds. The van der Waals surface area contributed by atoms with Gasteiger partial charge in [-0.25, -0.2) is 0 Å². The number of piperazine rings is 1. The zero-order valence-electron chi connectivity index (χ0n) is 16.9. The largest absolute Gasteiger partial charge is 0.497 e. The highest BCUT2D eigenvalue weighted by Crippen LogP contribution is 2.13. The van der Waals surface area contributed by atoms with E-state index in [0.717, 1.165) is 43.7 Å². The van der Waals surface area contributed by atoms with E-state index in [1.54, 1.807) is 7.11 Å². The van der Waals surface area contributed by atoms with E-state index in [4.69, 9.17) is 4.74 Å². The second kappa shape index (κ2) is 10.9. The molecule has 0 atom stereocenters. The van der Waals surface area contributed by atoms with Gasteiger partial charge in [-0.15, -0.1) is 0 Å². The van der Waals surface area contributed by atoms with Crippen LogP contribution in [-0.2, 0) is 16.0 Å². The van der Waals surface area contributed by atoms with Crippen molar-refractivity contribution in [1.82, 2.24) is 15.1 Å². The number of carbonyl (C=O) groups excluding carboxylic acids is 2. The van der Waals surface area contributed by atoms with Gasteiger partial charge in [0.25, 0.3) is 0 Å². The fraction of sp³-hybridized carbons (Fsp3) is 0.619. The van der Waals surface area contributed by atoms with E-state index in [2.05, 4.69) is 24.1 Å². The molecule has 6 heteroatoms. The number of nitrogens with zero attached hydrogens (tertiary/aromatic N) is 2. The maximum Gasteiger partial charge on any atom is 0.234 e. The van der Waals surface area contributed by atoms with Crippen molar-refractivity contribution in [1.29, 1.82) is 0 Å². The molecule has 1 aliphatic rings. The lowest BCUT2D eigenvalue weighted by molar-refractivity contribution is -0.133. The van der Waals surface area contributed by atoms with Gasteiger partial charge in [0, 0.05) is 38.6 Å². The number of carbonyl (C=O) groups is 2. The molecule has 0 bridgehead atoms. The van der Waals surface area contributed by atoms with E-state index in [9.17, 15) is 9.59 Å². The topological polar surface area (TPSA) is 61.9 Å². The van der Waals surface area contributed by atoms with Gasteiger partial charge >= 0.3 is 0 Å². The summed E-state index contributed by atoms with van der Waals surface area (Å²) in [6.45, 7) is 7.49. The van der Waals surface area contributed by atoms with Gasteiger partial charge in [-0.1, -0.05) is 26.0 Å². The highest BCUT2D eigenvalue weighted by Gasteiger charge is 2.22. The molecule has 0 spiro atoms. The van der Waals surface area contributed by atoms with Crippen molar-refractivity contribution in [2.45, 2.75) is 45.6 Å². The minimum Gasteiger partial charge on any atom is -0.497 e. The monoisotopic (exact) mass is 375 g/mol. The van der Waals surface area contributed by atoms with Gasteiger partial charge in [0.1, 0.15) is 5.75 Å². The molecule has 1 aromatic carbocycles. The Morgan fingerprint density at radius 1 is 1.07 bits per heavy atom. The van der Waals surface area contributed by atoms with Crippen LogP contribution in [0.15, 0.2) is 24.3 Å². The van der Waals surface area contributed by atoms with Crippen molar-refractivity contribution in [3.63, 3.8) is 0 Å². The third kappa shape index (κ3) is 6.86. The summed E-state index contributed by atoms with van der Waals surface area (Å²) in [5.74, 6) is 1.10. The number of methoxy groups -OCH3 is 1. The summed E-state index contributed by atoms with van der Waals surface area (Å²) in [7, 11) is 1.65. The highest BCUT2D eigenvalue weighted by molar-refractivity contribution is 5.78. The first kappa shape index (κ1) is 21.2. The lowest BCUT2D eigenvalue weighted by Gasteiger charge is -2.34. The van der Waals surface area contributed by atoms with Crippen LogP contribution in [0.4, 0.5) is 0 Å². The van der Waals surface area contributed by atoms with E-state index in [-0.39, 0.29) is 17.9 Å². The first-order chi connectivity index (χ1) is 13.0. The number of amides is 2. The quantitative estimate of drug-likeness (QED) is 0.718.